The molecule has 0 spiro atoms. The summed E-state index contributed by atoms with van der Waals surface area (Å²) >= 11 is 0. The van der Waals surface area contributed by atoms with Gasteiger partial charge in [0.05, 0.1) is 16.4 Å². The molecular formula is C10H13N3O. The fourth-order valence-corrected chi connectivity index (χ4v) is 1.30. The van der Waals surface area contributed by atoms with Crippen molar-refractivity contribution in [2.45, 2.75) is 26.3 Å². The summed E-state index contributed by atoms with van der Waals surface area (Å²) < 4.78 is 1.81. The summed E-state index contributed by atoms with van der Waals surface area (Å²) in [6, 6.07) is 1.80. The molecule has 2 rings (SSSR count). The number of nitrogens with one attached hydrogen (secondary N) is 1. The smallest absolute Gasteiger partial charge is 0.259 e. The van der Waals surface area contributed by atoms with Gasteiger partial charge in [0, 0.05) is 12.4 Å². The van der Waals surface area contributed by atoms with E-state index in [-0.39, 0.29) is 11.1 Å². The Morgan fingerprint density at radius 3 is 2.71 bits per heavy atom. The molecule has 0 atom stereocenters. The molecule has 0 bridgehead atoms. The van der Waals surface area contributed by atoms with Gasteiger partial charge < -0.3 is 4.98 Å². The number of rotatable bonds is 0. The highest BCUT2D eigenvalue weighted by Gasteiger charge is 2.15. The Morgan fingerprint density at radius 1 is 1.43 bits per heavy atom. The highest BCUT2D eigenvalue weighted by Crippen LogP contribution is 2.15. The van der Waals surface area contributed by atoms with E-state index in [2.05, 4.69) is 10.1 Å². The molecule has 74 valence electrons. The van der Waals surface area contributed by atoms with Gasteiger partial charge >= 0.3 is 0 Å². The second-order valence-electron chi connectivity index (χ2n) is 4.35. The van der Waals surface area contributed by atoms with E-state index in [1.165, 1.54) is 0 Å². The van der Waals surface area contributed by atoms with Gasteiger partial charge in [-0.25, -0.2) is 0 Å². The molecule has 2 aromatic heterocycles. The predicted octanol–water partition coefficient (Wildman–Crippen LogP) is 1.48. The van der Waals surface area contributed by atoms with Crippen LogP contribution in [-0.2, 0) is 5.54 Å². The molecule has 0 amide bonds. The lowest BCUT2D eigenvalue weighted by molar-refractivity contribution is 0.358. The summed E-state index contributed by atoms with van der Waals surface area (Å²) in [6.07, 6.45) is 3.40. The van der Waals surface area contributed by atoms with E-state index in [1.807, 2.05) is 25.5 Å². The van der Waals surface area contributed by atoms with Crippen molar-refractivity contribution in [3.8, 4) is 0 Å². The molecule has 0 aromatic carbocycles. The second kappa shape index (κ2) is 2.70. The molecule has 4 heteroatoms. The molecule has 4 nitrogen and oxygen atoms in total. The van der Waals surface area contributed by atoms with Gasteiger partial charge in [-0.05, 0) is 26.8 Å². The van der Waals surface area contributed by atoms with Crippen LogP contribution >= 0.6 is 0 Å². The van der Waals surface area contributed by atoms with Gasteiger partial charge in [-0.15, -0.1) is 0 Å². The van der Waals surface area contributed by atoms with E-state index < -0.39 is 0 Å². The SMILES string of the molecule is CC(C)(C)n1cc2c(=O)[nH]ccc2n1. The van der Waals surface area contributed by atoms with Gasteiger partial charge in [0.1, 0.15) is 0 Å². The first-order chi connectivity index (χ1) is 6.48. The molecule has 1 N–H and O–H groups in total. The van der Waals surface area contributed by atoms with Crippen LogP contribution in [0.5, 0.6) is 0 Å². The number of aromatic nitrogens is 3. The highest BCUT2D eigenvalue weighted by molar-refractivity contribution is 5.76. The molecule has 0 aliphatic rings. The van der Waals surface area contributed by atoms with Crippen LogP contribution in [0.2, 0.25) is 0 Å². The zero-order valence-electron chi connectivity index (χ0n) is 8.53. The minimum Gasteiger partial charge on any atom is -0.328 e. The van der Waals surface area contributed by atoms with Crippen molar-refractivity contribution in [1.82, 2.24) is 14.8 Å². The number of hydrogen-bond donors (Lipinski definition) is 1. The Morgan fingerprint density at radius 2 is 2.14 bits per heavy atom. The van der Waals surface area contributed by atoms with Gasteiger partial charge in [0.15, 0.2) is 0 Å². The summed E-state index contributed by atoms with van der Waals surface area (Å²) in [6.45, 7) is 6.15. The lowest BCUT2D eigenvalue weighted by Crippen LogP contribution is -2.22. The van der Waals surface area contributed by atoms with Gasteiger partial charge in [-0.2, -0.15) is 5.10 Å². The zero-order valence-corrected chi connectivity index (χ0v) is 8.53. The molecule has 0 fully saturated rings. The summed E-state index contributed by atoms with van der Waals surface area (Å²) in [5, 5.41) is 4.98. The van der Waals surface area contributed by atoms with Crippen LogP contribution in [0.3, 0.4) is 0 Å². The molecule has 0 saturated heterocycles. The summed E-state index contributed by atoms with van der Waals surface area (Å²) in [4.78, 5) is 14.0. The van der Waals surface area contributed by atoms with E-state index >= 15 is 0 Å². The van der Waals surface area contributed by atoms with E-state index in [9.17, 15) is 4.79 Å². The largest absolute Gasteiger partial charge is 0.328 e. The number of nitrogens with zero attached hydrogens (tertiary/aromatic N) is 2. The Labute approximate surface area is 81.6 Å². The van der Waals surface area contributed by atoms with Crippen molar-refractivity contribution >= 4 is 10.9 Å². The average Bonchev–Trinajstić information content (AvgIpc) is 2.48. The summed E-state index contributed by atoms with van der Waals surface area (Å²) in [5.41, 5.74) is 0.563. The van der Waals surface area contributed by atoms with Crippen molar-refractivity contribution in [2.75, 3.05) is 0 Å². The Balaban J connectivity index is 2.75. The first-order valence-electron chi connectivity index (χ1n) is 4.56. The van der Waals surface area contributed by atoms with Crippen LogP contribution in [0.25, 0.3) is 10.9 Å². The molecule has 2 aromatic rings. The lowest BCUT2D eigenvalue weighted by Gasteiger charge is -2.18. The molecule has 0 saturated carbocycles. The highest BCUT2D eigenvalue weighted by atomic mass is 16.1. The maximum Gasteiger partial charge on any atom is 0.259 e. The Hall–Kier alpha value is -1.58. The zero-order chi connectivity index (χ0) is 10.3. The quantitative estimate of drug-likeness (QED) is 0.685. The third kappa shape index (κ3) is 1.32. The Bertz CT molecular complexity index is 516. The number of H-pyrrole nitrogens is 1. The summed E-state index contributed by atoms with van der Waals surface area (Å²) in [5.74, 6) is 0. The van der Waals surface area contributed by atoms with Crippen molar-refractivity contribution < 1.29 is 0 Å². The van der Waals surface area contributed by atoms with Crippen LogP contribution in [0.1, 0.15) is 20.8 Å². The number of pyridine rings is 1. The van der Waals surface area contributed by atoms with E-state index in [0.29, 0.717) is 5.39 Å². The fraction of sp³-hybridized carbons (Fsp3) is 0.400. The van der Waals surface area contributed by atoms with Gasteiger partial charge in [-0.1, -0.05) is 0 Å². The fourth-order valence-electron chi connectivity index (χ4n) is 1.30. The predicted molar refractivity (Wildman–Crippen MR) is 55.3 cm³/mol. The molecule has 0 aliphatic carbocycles. The third-order valence-corrected chi connectivity index (χ3v) is 2.13. The van der Waals surface area contributed by atoms with Crippen LogP contribution in [0.15, 0.2) is 23.3 Å². The van der Waals surface area contributed by atoms with E-state index in [1.54, 1.807) is 18.5 Å². The van der Waals surface area contributed by atoms with Crippen LogP contribution in [0.4, 0.5) is 0 Å². The number of aromatic amines is 1. The van der Waals surface area contributed by atoms with Crippen LogP contribution in [0, 0.1) is 0 Å². The van der Waals surface area contributed by atoms with Crippen molar-refractivity contribution in [1.29, 1.82) is 0 Å². The average molecular weight is 191 g/mol. The van der Waals surface area contributed by atoms with Crippen LogP contribution < -0.4 is 5.56 Å². The molecule has 0 radical (unpaired) electrons. The molecule has 14 heavy (non-hydrogen) atoms. The van der Waals surface area contributed by atoms with E-state index in [4.69, 9.17) is 0 Å². The normalized spacial score (nSPS) is 12.2. The standard InChI is InChI=1S/C10H13N3O/c1-10(2,3)13-6-7-8(12-13)4-5-11-9(7)14/h4-6H,1-3H3,(H,11,14). The topological polar surface area (TPSA) is 50.7 Å². The number of fused-ring (bicyclic) bond motifs is 1. The first kappa shape index (κ1) is 8.99. The number of hydrogen-bond acceptors (Lipinski definition) is 2. The maximum absolute atomic E-state index is 11.4. The second-order valence-corrected chi connectivity index (χ2v) is 4.35. The molecule has 0 unspecified atom stereocenters. The monoisotopic (exact) mass is 191 g/mol. The van der Waals surface area contributed by atoms with E-state index in [0.717, 1.165) is 5.52 Å². The van der Waals surface area contributed by atoms with Crippen molar-refractivity contribution in [3.63, 3.8) is 0 Å². The first-order valence-corrected chi connectivity index (χ1v) is 4.56. The Kier molecular flexibility index (Phi) is 1.74. The third-order valence-electron chi connectivity index (χ3n) is 2.13. The van der Waals surface area contributed by atoms with Gasteiger partial charge in [-0.3, -0.25) is 9.48 Å². The minimum atomic E-state index is -0.0918. The molecular weight excluding hydrogens is 178 g/mol. The van der Waals surface area contributed by atoms with Crippen LogP contribution in [-0.4, -0.2) is 14.8 Å². The lowest BCUT2D eigenvalue weighted by atomic mass is 10.1. The van der Waals surface area contributed by atoms with Crippen molar-refractivity contribution in [2.24, 2.45) is 0 Å². The molecule has 2 heterocycles. The van der Waals surface area contributed by atoms with Gasteiger partial charge in [0.2, 0.25) is 0 Å². The summed E-state index contributed by atoms with van der Waals surface area (Å²) in [7, 11) is 0. The molecule has 0 aliphatic heterocycles. The minimum absolute atomic E-state index is 0.0852. The maximum atomic E-state index is 11.4. The van der Waals surface area contributed by atoms with Crippen molar-refractivity contribution in [3.05, 3.63) is 28.8 Å². The van der Waals surface area contributed by atoms with Gasteiger partial charge in [0.25, 0.3) is 5.56 Å².